The van der Waals surface area contributed by atoms with Gasteiger partial charge < -0.3 is 9.84 Å². The van der Waals surface area contributed by atoms with E-state index in [1.165, 1.54) is 6.08 Å². The average molecular weight is 237 g/mol. The van der Waals surface area contributed by atoms with Crippen LogP contribution in [0.15, 0.2) is 12.2 Å². The zero-order chi connectivity index (χ0) is 9.56. The number of halogens is 1. The maximum Gasteiger partial charge on any atom is 0.330 e. The summed E-state index contributed by atoms with van der Waals surface area (Å²) in [7, 11) is 0. The Hall–Kier alpha value is -0.350. The Morgan fingerprint density at radius 2 is 2.33 bits per heavy atom. The van der Waals surface area contributed by atoms with Gasteiger partial charge in [0.25, 0.3) is 0 Å². The van der Waals surface area contributed by atoms with E-state index in [0.29, 0.717) is 6.61 Å². The molecule has 0 saturated heterocycles. The van der Waals surface area contributed by atoms with Gasteiger partial charge >= 0.3 is 5.97 Å². The van der Waals surface area contributed by atoms with Gasteiger partial charge in [0.2, 0.25) is 0 Å². The topological polar surface area (TPSA) is 46.5 Å². The lowest BCUT2D eigenvalue weighted by atomic mass is 10.2. The van der Waals surface area contributed by atoms with Gasteiger partial charge in [0.1, 0.15) is 0 Å². The van der Waals surface area contributed by atoms with E-state index in [0.717, 1.165) is 0 Å². The molecule has 0 aliphatic rings. The van der Waals surface area contributed by atoms with E-state index in [1.54, 1.807) is 19.9 Å². The molecule has 0 aliphatic heterocycles. The fraction of sp³-hybridized carbons (Fsp3) is 0.625. The Morgan fingerprint density at radius 1 is 1.75 bits per heavy atom. The number of hydrogen-bond acceptors (Lipinski definition) is 3. The van der Waals surface area contributed by atoms with Crippen LogP contribution in [0.4, 0.5) is 0 Å². The molecular formula is C8H13BrO3. The lowest BCUT2D eigenvalue weighted by Crippen LogP contribution is -2.13. The molecule has 12 heavy (non-hydrogen) atoms. The molecule has 0 bridgehead atoms. The van der Waals surface area contributed by atoms with Gasteiger partial charge in [-0.1, -0.05) is 22.0 Å². The first-order valence-electron chi connectivity index (χ1n) is 3.75. The van der Waals surface area contributed by atoms with Crippen LogP contribution in [0.1, 0.15) is 13.8 Å². The standard InChI is InChI=1S/C8H13BrO3/c1-3-12-8(11)5-4-7(9)6(2)10/h4-7,10H,3H2,1-2H3/b5-4+/t6-,7-/m1/s1. The van der Waals surface area contributed by atoms with Crippen LogP contribution in [-0.2, 0) is 9.53 Å². The number of hydrogen-bond donors (Lipinski definition) is 1. The summed E-state index contributed by atoms with van der Waals surface area (Å²) in [5.41, 5.74) is 0. The number of carbonyl (C=O) groups excluding carboxylic acids is 1. The minimum Gasteiger partial charge on any atom is -0.463 e. The van der Waals surface area contributed by atoms with Crippen LogP contribution in [0, 0.1) is 0 Å². The van der Waals surface area contributed by atoms with Gasteiger partial charge in [-0.05, 0) is 13.8 Å². The molecule has 3 nitrogen and oxygen atoms in total. The molecule has 0 heterocycles. The summed E-state index contributed by atoms with van der Waals surface area (Å²) in [6.07, 6.45) is 2.34. The van der Waals surface area contributed by atoms with Crippen molar-refractivity contribution in [2.45, 2.75) is 24.8 Å². The lowest BCUT2D eigenvalue weighted by molar-refractivity contribution is -0.137. The summed E-state index contributed by atoms with van der Waals surface area (Å²) in [5, 5.41) is 9.01. The predicted octanol–water partition coefficient (Wildman–Crippen LogP) is 1.25. The first kappa shape index (κ1) is 11.6. The van der Waals surface area contributed by atoms with Gasteiger partial charge in [-0.2, -0.15) is 0 Å². The average Bonchev–Trinajstić information content (AvgIpc) is 2.00. The van der Waals surface area contributed by atoms with E-state index in [1.807, 2.05) is 0 Å². The zero-order valence-electron chi connectivity index (χ0n) is 7.16. The lowest BCUT2D eigenvalue weighted by Gasteiger charge is -2.06. The molecule has 0 amide bonds. The summed E-state index contributed by atoms with van der Waals surface area (Å²) in [6.45, 7) is 3.74. The second-order valence-electron chi connectivity index (χ2n) is 2.30. The van der Waals surface area contributed by atoms with Gasteiger partial charge in [0.05, 0.1) is 17.5 Å². The van der Waals surface area contributed by atoms with Crippen molar-refractivity contribution in [3.8, 4) is 0 Å². The van der Waals surface area contributed by atoms with Crippen molar-refractivity contribution in [1.82, 2.24) is 0 Å². The molecule has 1 N–H and O–H groups in total. The van der Waals surface area contributed by atoms with Crippen LogP contribution in [-0.4, -0.2) is 28.6 Å². The van der Waals surface area contributed by atoms with Crippen LogP contribution in [0.5, 0.6) is 0 Å². The second-order valence-corrected chi connectivity index (χ2v) is 3.35. The molecule has 0 spiro atoms. The maximum atomic E-state index is 10.8. The second kappa shape index (κ2) is 6.20. The van der Waals surface area contributed by atoms with Crippen LogP contribution in [0.3, 0.4) is 0 Å². The summed E-state index contributed by atoms with van der Waals surface area (Å²) < 4.78 is 4.64. The Morgan fingerprint density at radius 3 is 2.75 bits per heavy atom. The fourth-order valence-electron chi connectivity index (χ4n) is 0.522. The minimum atomic E-state index is -0.518. The highest BCUT2D eigenvalue weighted by molar-refractivity contribution is 9.09. The maximum absolute atomic E-state index is 10.8. The van der Waals surface area contributed by atoms with Crippen molar-refractivity contribution in [1.29, 1.82) is 0 Å². The molecule has 0 fully saturated rings. The third-order valence-electron chi connectivity index (χ3n) is 1.16. The number of aliphatic hydroxyl groups excluding tert-OH is 1. The van der Waals surface area contributed by atoms with Crippen molar-refractivity contribution in [2.75, 3.05) is 6.61 Å². The first-order valence-corrected chi connectivity index (χ1v) is 4.66. The van der Waals surface area contributed by atoms with E-state index in [2.05, 4.69) is 20.7 Å². The summed E-state index contributed by atoms with van der Waals surface area (Å²) in [4.78, 5) is 10.6. The number of carbonyl (C=O) groups is 1. The van der Waals surface area contributed by atoms with Crippen LogP contribution >= 0.6 is 15.9 Å². The van der Waals surface area contributed by atoms with Crippen molar-refractivity contribution in [2.24, 2.45) is 0 Å². The van der Waals surface area contributed by atoms with Crippen LogP contribution in [0.2, 0.25) is 0 Å². The van der Waals surface area contributed by atoms with E-state index < -0.39 is 6.10 Å². The van der Waals surface area contributed by atoms with Gasteiger partial charge in [-0.3, -0.25) is 0 Å². The molecule has 2 atom stereocenters. The zero-order valence-corrected chi connectivity index (χ0v) is 8.74. The monoisotopic (exact) mass is 236 g/mol. The molecule has 0 aliphatic carbocycles. The Labute approximate surface area is 80.5 Å². The van der Waals surface area contributed by atoms with Crippen LogP contribution < -0.4 is 0 Å². The number of alkyl halides is 1. The largest absolute Gasteiger partial charge is 0.463 e. The van der Waals surface area contributed by atoms with Crippen LogP contribution in [0.25, 0.3) is 0 Å². The first-order chi connectivity index (χ1) is 5.57. The molecule has 0 saturated carbocycles. The normalized spacial score (nSPS) is 16.0. The third-order valence-corrected chi connectivity index (χ3v) is 2.23. The van der Waals surface area contributed by atoms with E-state index in [-0.39, 0.29) is 10.8 Å². The van der Waals surface area contributed by atoms with E-state index in [9.17, 15) is 4.79 Å². The molecule has 0 rings (SSSR count). The quantitative estimate of drug-likeness (QED) is 0.454. The summed E-state index contributed by atoms with van der Waals surface area (Å²) >= 11 is 3.18. The Balaban J connectivity index is 3.81. The van der Waals surface area contributed by atoms with Crippen molar-refractivity contribution < 1.29 is 14.6 Å². The highest BCUT2D eigenvalue weighted by atomic mass is 79.9. The highest BCUT2D eigenvalue weighted by Gasteiger charge is 2.06. The summed E-state index contributed by atoms with van der Waals surface area (Å²) in [6, 6.07) is 0. The van der Waals surface area contributed by atoms with Crippen molar-refractivity contribution in [3.05, 3.63) is 12.2 Å². The highest BCUT2D eigenvalue weighted by Crippen LogP contribution is 2.06. The van der Waals surface area contributed by atoms with Gasteiger partial charge in [-0.25, -0.2) is 4.79 Å². The number of rotatable bonds is 4. The molecule has 0 unspecified atom stereocenters. The smallest absolute Gasteiger partial charge is 0.330 e. The van der Waals surface area contributed by atoms with Gasteiger partial charge in [-0.15, -0.1) is 0 Å². The van der Waals surface area contributed by atoms with Gasteiger partial charge in [0.15, 0.2) is 0 Å². The molecule has 0 aromatic rings. The Kier molecular flexibility index (Phi) is 6.02. The van der Waals surface area contributed by atoms with Crippen molar-refractivity contribution in [3.63, 3.8) is 0 Å². The third kappa shape index (κ3) is 5.32. The molecule has 0 aromatic heterocycles. The molecule has 0 radical (unpaired) electrons. The molecule has 0 aromatic carbocycles. The fourth-order valence-corrected chi connectivity index (χ4v) is 0.674. The number of esters is 1. The molecular weight excluding hydrogens is 224 g/mol. The Bertz CT molecular complexity index is 166. The number of aliphatic hydroxyl groups is 1. The molecule has 70 valence electrons. The number of ether oxygens (including phenoxy) is 1. The predicted molar refractivity (Wildman–Crippen MR) is 50.2 cm³/mol. The van der Waals surface area contributed by atoms with E-state index in [4.69, 9.17) is 5.11 Å². The van der Waals surface area contributed by atoms with Gasteiger partial charge in [0, 0.05) is 6.08 Å². The SMILES string of the molecule is CCOC(=O)/C=C/[C@@H](Br)[C@@H](C)O. The minimum absolute atomic E-state index is 0.207. The molecule has 4 heteroatoms. The van der Waals surface area contributed by atoms with E-state index >= 15 is 0 Å². The van der Waals surface area contributed by atoms with Crippen molar-refractivity contribution >= 4 is 21.9 Å². The summed E-state index contributed by atoms with van der Waals surface area (Å²) in [5.74, 6) is -0.386.